The number of hydrogen-bond acceptors (Lipinski definition) is 3. The Labute approximate surface area is 111 Å². The number of carbonyl (C=O) groups is 1. The van der Waals surface area contributed by atoms with Gasteiger partial charge in [-0.15, -0.1) is 0 Å². The van der Waals surface area contributed by atoms with Crippen LogP contribution in [0.2, 0.25) is 0 Å². The second-order valence-electron chi connectivity index (χ2n) is 5.69. The molecule has 0 radical (unpaired) electrons. The smallest absolute Gasteiger partial charge is 0.236 e. The van der Waals surface area contributed by atoms with Gasteiger partial charge in [0.25, 0.3) is 0 Å². The Bertz CT molecular complexity index is 270. The fraction of sp³-hybridized carbons (Fsp3) is 0.929. The summed E-state index contributed by atoms with van der Waals surface area (Å²) < 4.78 is 0. The Morgan fingerprint density at radius 2 is 1.94 bits per heavy atom. The fourth-order valence-corrected chi connectivity index (χ4v) is 2.94. The van der Waals surface area contributed by atoms with Crippen molar-refractivity contribution in [1.29, 1.82) is 0 Å². The van der Waals surface area contributed by atoms with Gasteiger partial charge in [-0.1, -0.05) is 0 Å². The lowest BCUT2D eigenvalue weighted by molar-refractivity contribution is -0.133. The number of hydrogen-bond donors (Lipinski definition) is 1. The van der Waals surface area contributed by atoms with Crippen LogP contribution in [0.4, 0.5) is 0 Å². The van der Waals surface area contributed by atoms with Gasteiger partial charge in [0.1, 0.15) is 0 Å². The maximum absolute atomic E-state index is 12.2. The van der Waals surface area contributed by atoms with Crippen LogP contribution in [0.25, 0.3) is 0 Å². The summed E-state index contributed by atoms with van der Waals surface area (Å²) in [5.41, 5.74) is 0. The first-order chi connectivity index (χ1) is 8.74. The van der Waals surface area contributed by atoms with E-state index in [0.717, 1.165) is 32.1 Å². The minimum absolute atomic E-state index is 0.340. The Kier molecular flexibility index (Phi) is 5.01. The molecule has 0 bridgehead atoms. The molecule has 0 unspecified atom stereocenters. The summed E-state index contributed by atoms with van der Waals surface area (Å²) in [6.45, 7) is 6.89. The van der Waals surface area contributed by atoms with Crippen LogP contribution in [0.15, 0.2) is 0 Å². The number of rotatable bonds is 6. The number of nitrogens with one attached hydrogen (secondary N) is 1. The normalized spacial score (nSPS) is 22.1. The molecule has 4 nitrogen and oxygen atoms in total. The van der Waals surface area contributed by atoms with Crippen molar-refractivity contribution in [2.45, 2.75) is 38.6 Å². The van der Waals surface area contributed by atoms with Crippen molar-refractivity contribution < 1.29 is 4.79 Å². The van der Waals surface area contributed by atoms with Gasteiger partial charge in [0.05, 0.1) is 6.54 Å². The molecule has 0 atom stereocenters. The highest BCUT2D eigenvalue weighted by Crippen LogP contribution is 2.27. The van der Waals surface area contributed by atoms with Gasteiger partial charge in [-0.3, -0.25) is 9.69 Å². The zero-order valence-electron chi connectivity index (χ0n) is 11.8. The van der Waals surface area contributed by atoms with Gasteiger partial charge >= 0.3 is 0 Å². The molecule has 18 heavy (non-hydrogen) atoms. The van der Waals surface area contributed by atoms with E-state index in [0.29, 0.717) is 18.5 Å². The zero-order valence-corrected chi connectivity index (χ0v) is 11.8. The summed E-state index contributed by atoms with van der Waals surface area (Å²) in [7, 11) is 2.02. The summed E-state index contributed by atoms with van der Waals surface area (Å²) >= 11 is 0. The average molecular weight is 253 g/mol. The van der Waals surface area contributed by atoms with E-state index in [1.165, 1.54) is 25.7 Å². The molecule has 1 N–H and O–H groups in total. The average Bonchev–Trinajstić information content (AvgIpc) is 3.17. The summed E-state index contributed by atoms with van der Waals surface area (Å²) in [6.07, 6.45) is 4.88. The molecule has 1 amide bonds. The molecule has 2 aliphatic rings. The highest BCUT2D eigenvalue weighted by Gasteiger charge is 2.32. The number of nitrogens with zero attached hydrogens (tertiary/aromatic N) is 2. The Balaban J connectivity index is 1.71. The van der Waals surface area contributed by atoms with Gasteiger partial charge in [0, 0.05) is 12.6 Å². The van der Waals surface area contributed by atoms with E-state index in [1.54, 1.807) is 0 Å². The van der Waals surface area contributed by atoms with Crippen LogP contribution in [0, 0.1) is 5.92 Å². The van der Waals surface area contributed by atoms with Crippen molar-refractivity contribution in [3.8, 4) is 0 Å². The van der Waals surface area contributed by atoms with E-state index >= 15 is 0 Å². The van der Waals surface area contributed by atoms with Gasteiger partial charge < -0.3 is 10.2 Å². The number of piperidine rings is 1. The van der Waals surface area contributed by atoms with Crippen LogP contribution in [0.1, 0.15) is 32.6 Å². The quantitative estimate of drug-likeness (QED) is 0.765. The molecule has 0 aromatic heterocycles. The summed E-state index contributed by atoms with van der Waals surface area (Å²) in [5, 5.41) is 3.25. The van der Waals surface area contributed by atoms with Gasteiger partial charge in [-0.05, 0) is 65.2 Å². The van der Waals surface area contributed by atoms with Crippen LogP contribution in [-0.2, 0) is 4.79 Å². The third-order valence-corrected chi connectivity index (χ3v) is 4.21. The second kappa shape index (κ2) is 6.53. The third-order valence-electron chi connectivity index (χ3n) is 4.21. The zero-order chi connectivity index (χ0) is 13.0. The lowest BCUT2D eigenvalue weighted by atomic mass is 9.97. The molecule has 1 aliphatic heterocycles. The maximum atomic E-state index is 12.2. The van der Waals surface area contributed by atoms with E-state index in [-0.39, 0.29) is 0 Å². The van der Waals surface area contributed by atoms with Crippen molar-refractivity contribution in [2.24, 2.45) is 5.92 Å². The highest BCUT2D eigenvalue weighted by molar-refractivity contribution is 5.78. The van der Waals surface area contributed by atoms with Crippen LogP contribution in [0.5, 0.6) is 0 Å². The van der Waals surface area contributed by atoms with Gasteiger partial charge in [-0.25, -0.2) is 0 Å². The summed E-state index contributed by atoms with van der Waals surface area (Å²) in [4.78, 5) is 16.6. The number of likely N-dealkylation sites (N-methyl/N-ethyl adjacent to an activating group) is 1. The van der Waals surface area contributed by atoms with Crippen LogP contribution in [0.3, 0.4) is 0 Å². The molecule has 1 heterocycles. The topological polar surface area (TPSA) is 35.6 Å². The minimum atomic E-state index is 0.340. The number of amides is 1. The molecule has 104 valence electrons. The van der Waals surface area contributed by atoms with Gasteiger partial charge in [-0.2, -0.15) is 0 Å². The molecule has 1 saturated heterocycles. The predicted molar refractivity (Wildman–Crippen MR) is 73.5 cm³/mol. The lowest BCUT2D eigenvalue weighted by Gasteiger charge is -2.33. The first-order valence-electron chi connectivity index (χ1n) is 7.41. The van der Waals surface area contributed by atoms with E-state index in [1.807, 2.05) is 7.05 Å². The number of likely N-dealkylation sites (tertiary alicyclic amines) is 1. The third kappa shape index (κ3) is 3.69. The Morgan fingerprint density at radius 3 is 2.44 bits per heavy atom. The Hall–Kier alpha value is -0.610. The van der Waals surface area contributed by atoms with E-state index in [2.05, 4.69) is 22.0 Å². The predicted octanol–water partition coefficient (Wildman–Crippen LogP) is 0.929. The number of carbonyl (C=O) groups excluding carboxylic acids is 1. The van der Waals surface area contributed by atoms with Crippen LogP contribution in [-0.4, -0.2) is 61.5 Å². The largest absolute Gasteiger partial charge is 0.339 e. The van der Waals surface area contributed by atoms with Crippen LogP contribution >= 0.6 is 0 Å². The molecular weight excluding hydrogens is 226 g/mol. The highest BCUT2D eigenvalue weighted by atomic mass is 16.2. The maximum Gasteiger partial charge on any atom is 0.236 e. The van der Waals surface area contributed by atoms with Crippen molar-refractivity contribution in [3.63, 3.8) is 0 Å². The first kappa shape index (κ1) is 13.8. The standard InChI is InChI=1S/C14H27N3O/c1-3-17(13-4-5-13)14(18)11-16-8-6-12(7-9-16)10-15-2/h12-13,15H,3-11H2,1-2H3. The SMILES string of the molecule is CCN(C(=O)CN1CCC(CNC)CC1)C1CC1. The minimum Gasteiger partial charge on any atom is -0.339 e. The van der Waals surface area contributed by atoms with Gasteiger partial charge in [0.2, 0.25) is 5.91 Å². The Morgan fingerprint density at radius 1 is 1.28 bits per heavy atom. The second-order valence-corrected chi connectivity index (χ2v) is 5.69. The van der Waals surface area contributed by atoms with Gasteiger partial charge in [0.15, 0.2) is 0 Å². The molecule has 1 saturated carbocycles. The van der Waals surface area contributed by atoms with E-state index < -0.39 is 0 Å². The van der Waals surface area contributed by atoms with Crippen molar-refractivity contribution in [1.82, 2.24) is 15.1 Å². The molecule has 0 spiro atoms. The first-order valence-corrected chi connectivity index (χ1v) is 7.41. The van der Waals surface area contributed by atoms with Crippen LogP contribution < -0.4 is 5.32 Å². The molecule has 0 aromatic carbocycles. The van der Waals surface area contributed by atoms with Crippen molar-refractivity contribution >= 4 is 5.91 Å². The summed E-state index contributed by atoms with van der Waals surface area (Å²) in [5.74, 6) is 1.14. The monoisotopic (exact) mass is 253 g/mol. The lowest BCUT2D eigenvalue weighted by Crippen LogP contribution is -2.45. The summed E-state index contributed by atoms with van der Waals surface area (Å²) in [6, 6.07) is 0.560. The molecule has 1 aliphatic carbocycles. The van der Waals surface area contributed by atoms with Crippen molar-refractivity contribution in [3.05, 3.63) is 0 Å². The van der Waals surface area contributed by atoms with E-state index in [9.17, 15) is 4.79 Å². The van der Waals surface area contributed by atoms with Crippen molar-refractivity contribution in [2.75, 3.05) is 39.8 Å². The molecular formula is C14H27N3O. The molecule has 0 aromatic rings. The molecule has 2 fully saturated rings. The molecule has 4 heteroatoms. The molecule has 2 rings (SSSR count). The fourth-order valence-electron chi connectivity index (χ4n) is 2.94. The van der Waals surface area contributed by atoms with E-state index in [4.69, 9.17) is 0 Å².